The van der Waals surface area contributed by atoms with Crippen molar-refractivity contribution >= 4 is 6.34 Å². The minimum atomic E-state index is 0.667. The first-order valence-corrected chi connectivity index (χ1v) is 3.13. The fraction of sp³-hybridized carbons (Fsp3) is 0.833. The molecule has 44 valence electrons. The molecule has 2 nitrogen and oxygen atoms in total. The van der Waals surface area contributed by atoms with Crippen molar-refractivity contribution in [2.75, 3.05) is 7.05 Å². The summed E-state index contributed by atoms with van der Waals surface area (Å²) in [5.74, 6) is 0. The predicted octanol–water partition coefficient (Wildman–Crippen LogP) is 0.491. The van der Waals surface area contributed by atoms with Crippen molar-refractivity contribution in [2.45, 2.75) is 24.9 Å². The van der Waals surface area contributed by atoms with Crippen molar-refractivity contribution < 1.29 is 0 Å². The second kappa shape index (κ2) is 1.24. The lowest BCUT2D eigenvalue weighted by atomic mass is 9.87. The molecular formula is C6H10N2. The first kappa shape index (κ1) is 4.36. The van der Waals surface area contributed by atoms with E-state index in [1.807, 2.05) is 6.34 Å². The molecule has 0 aromatic rings. The van der Waals surface area contributed by atoms with Gasteiger partial charge in [-0.1, -0.05) is 0 Å². The Morgan fingerprint density at radius 3 is 2.75 bits per heavy atom. The summed E-state index contributed by atoms with van der Waals surface area (Å²) in [4.78, 5) is 6.50. The summed E-state index contributed by atoms with van der Waals surface area (Å²) in [7, 11) is 2.10. The molecule has 0 bridgehead atoms. The van der Waals surface area contributed by atoms with Gasteiger partial charge in [0.25, 0.3) is 0 Å². The molecule has 8 heavy (non-hydrogen) atoms. The first-order chi connectivity index (χ1) is 3.88. The van der Waals surface area contributed by atoms with Gasteiger partial charge in [-0.3, -0.25) is 4.99 Å². The van der Waals surface area contributed by atoms with E-state index >= 15 is 0 Å². The molecule has 0 saturated heterocycles. The summed E-state index contributed by atoms with van der Waals surface area (Å²) in [6, 6.07) is 1.44. The Kier molecular flexibility index (Phi) is 0.678. The van der Waals surface area contributed by atoms with E-state index in [-0.39, 0.29) is 0 Å². The quantitative estimate of drug-likeness (QED) is 0.443. The summed E-state index contributed by atoms with van der Waals surface area (Å²) >= 11 is 0. The second-order valence-electron chi connectivity index (χ2n) is 2.64. The van der Waals surface area contributed by atoms with Crippen LogP contribution in [0.1, 0.15) is 12.8 Å². The van der Waals surface area contributed by atoms with Crippen LogP contribution in [0.5, 0.6) is 0 Å². The molecule has 0 amide bonds. The molecule has 0 aromatic carbocycles. The summed E-state index contributed by atoms with van der Waals surface area (Å²) in [6.07, 6.45) is 4.62. The Labute approximate surface area is 49.2 Å². The molecule has 0 aromatic heterocycles. The molecule has 2 heteroatoms. The lowest BCUT2D eigenvalue weighted by molar-refractivity contribution is 0.237. The van der Waals surface area contributed by atoms with E-state index in [0.29, 0.717) is 6.04 Å². The van der Waals surface area contributed by atoms with E-state index in [1.165, 1.54) is 12.8 Å². The highest BCUT2D eigenvalue weighted by Gasteiger charge is 2.35. The first-order valence-electron chi connectivity index (χ1n) is 3.13. The Balaban J connectivity index is 2.14. The number of fused-ring (bicyclic) bond motifs is 1. The third kappa shape index (κ3) is 0.358. The third-order valence-electron chi connectivity index (χ3n) is 2.17. The van der Waals surface area contributed by atoms with Gasteiger partial charge in [-0.25, -0.2) is 0 Å². The molecule has 2 atom stereocenters. The van der Waals surface area contributed by atoms with E-state index in [9.17, 15) is 0 Å². The van der Waals surface area contributed by atoms with Gasteiger partial charge in [-0.2, -0.15) is 0 Å². The molecule has 1 fully saturated rings. The van der Waals surface area contributed by atoms with Crippen LogP contribution in [0, 0.1) is 0 Å². The van der Waals surface area contributed by atoms with Crippen molar-refractivity contribution in [3.63, 3.8) is 0 Å². The summed E-state index contributed by atoms with van der Waals surface area (Å²) < 4.78 is 0. The van der Waals surface area contributed by atoms with Crippen molar-refractivity contribution in [1.82, 2.24) is 4.90 Å². The van der Waals surface area contributed by atoms with Crippen LogP contribution >= 0.6 is 0 Å². The molecule has 0 N–H and O–H groups in total. The van der Waals surface area contributed by atoms with E-state index in [0.717, 1.165) is 6.04 Å². The van der Waals surface area contributed by atoms with Gasteiger partial charge < -0.3 is 4.90 Å². The number of rotatable bonds is 0. The van der Waals surface area contributed by atoms with E-state index < -0.39 is 0 Å². The Morgan fingerprint density at radius 2 is 2.50 bits per heavy atom. The van der Waals surface area contributed by atoms with Crippen LogP contribution in [-0.2, 0) is 0 Å². The maximum absolute atomic E-state index is 4.29. The van der Waals surface area contributed by atoms with Crippen LogP contribution in [0.2, 0.25) is 0 Å². The standard InChI is InChI=1S/C6H10N2/c1-8-4-7-5-2-3-6(5)8/h4-6H,2-3H2,1H3/t5-,6?/m0/s1. The average molecular weight is 110 g/mol. The fourth-order valence-electron chi connectivity index (χ4n) is 1.39. The van der Waals surface area contributed by atoms with Crippen LogP contribution < -0.4 is 0 Å². The third-order valence-corrected chi connectivity index (χ3v) is 2.17. The molecule has 1 aliphatic heterocycles. The van der Waals surface area contributed by atoms with Gasteiger partial charge in [0, 0.05) is 7.05 Å². The Bertz CT molecular complexity index is 122. The second-order valence-corrected chi connectivity index (χ2v) is 2.64. The molecule has 1 unspecified atom stereocenters. The molecule has 1 aliphatic carbocycles. The smallest absolute Gasteiger partial charge is 0.0854 e. The van der Waals surface area contributed by atoms with Gasteiger partial charge >= 0.3 is 0 Å². The van der Waals surface area contributed by atoms with Crippen molar-refractivity contribution in [3.8, 4) is 0 Å². The molecule has 1 saturated carbocycles. The van der Waals surface area contributed by atoms with Gasteiger partial charge in [0.2, 0.25) is 0 Å². The molecule has 2 aliphatic rings. The monoisotopic (exact) mass is 110 g/mol. The highest BCUT2D eigenvalue weighted by atomic mass is 15.2. The largest absolute Gasteiger partial charge is 0.361 e. The van der Waals surface area contributed by atoms with Gasteiger partial charge in [0.05, 0.1) is 18.4 Å². The van der Waals surface area contributed by atoms with Crippen LogP contribution in [0.15, 0.2) is 4.99 Å². The molecule has 1 heterocycles. The average Bonchev–Trinajstić information content (AvgIpc) is 1.80. The fourth-order valence-corrected chi connectivity index (χ4v) is 1.39. The van der Waals surface area contributed by atoms with E-state index in [4.69, 9.17) is 0 Å². The zero-order valence-electron chi connectivity index (χ0n) is 5.04. The summed E-state index contributed by atoms with van der Waals surface area (Å²) in [5.41, 5.74) is 0. The zero-order chi connectivity index (χ0) is 5.56. The normalized spacial score (nSPS) is 41.9. The van der Waals surface area contributed by atoms with Crippen LogP contribution in [-0.4, -0.2) is 30.4 Å². The highest BCUT2D eigenvalue weighted by molar-refractivity contribution is 5.59. The minimum absolute atomic E-state index is 0.667. The minimum Gasteiger partial charge on any atom is -0.361 e. The van der Waals surface area contributed by atoms with E-state index in [2.05, 4.69) is 16.9 Å². The van der Waals surface area contributed by atoms with Crippen molar-refractivity contribution in [2.24, 2.45) is 4.99 Å². The van der Waals surface area contributed by atoms with Crippen molar-refractivity contribution in [3.05, 3.63) is 0 Å². The maximum atomic E-state index is 4.29. The van der Waals surface area contributed by atoms with Gasteiger partial charge in [0.1, 0.15) is 0 Å². The Morgan fingerprint density at radius 1 is 1.62 bits per heavy atom. The SMILES string of the molecule is CN1C=N[C@H]2CCC21. The summed E-state index contributed by atoms with van der Waals surface area (Å²) in [5, 5.41) is 0. The van der Waals surface area contributed by atoms with Crippen LogP contribution in [0.25, 0.3) is 0 Å². The van der Waals surface area contributed by atoms with Crippen LogP contribution in [0.3, 0.4) is 0 Å². The number of hydrogen-bond donors (Lipinski definition) is 0. The molecule has 0 spiro atoms. The molecule has 2 rings (SSSR count). The van der Waals surface area contributed by atoms with Crippen molar-refractivity contribution in [1.29, 1.82) is 0 Å². The summed E-state index contributed by atoms with van der Waals surface area (Å²) in [6.45, 7) is 0. The van der Waals surface area contributed by atoms with E-state index in [1.54, 1.807) is 0 Å². The van der Waals surface area contributed by atoms with Gasteiger partial charge in [-0.15, -0.1) is 0 Å². The molecule has 0 radical (unpaired) electrons. The Hall–Kier alpha value is -0.530. The number of hydrogen-bond acceptors (Lipinski definition) is 2. The topological polar surface area (TPSA) is 15.6 Å². The van der Waals surface area contributed by atoms with Gasteiger partial charge in [0.15, 0.2) is 0 Å². The number of aliphatic imine (C=N–C) groups is 1. The lowest BCUT2D eigenvalue weighted by Gasteiger charge is -2.32. The van der Waals surface area contributed by atoms with Gasteiger partial charge in [-0.05, 0) is 12.8 Å². The number of nitrogens with zero attached hydrogens (tertiary/aromatic N) is 2. The highest BCUT2D eigenvalue weighted by Crippen LogP contribution is 2.30. The maximum Gasteiger partial charge on any atom is 0.0854 e. The predicted molar refractivity (Wildman–Crippen MR) is 33.1 cm³/mol. The van der Waals surface area contributed by atoms with Crippen LogP contribution in [0.4, 0.5) is 0 Å². The zero-order valence-corrected chi connectivity index (χ0v) is 5.04. The lowest BCUT2D eigenvalue weighted by Crippen LogP contribution is -2.41. The molecular weight excluding hydrogens is 100 g/mol. The number of likely N-dealkylation sites (N-methyl/N-ethyl adjacent to an activating group) is 1.